The first-order chi connectivity index (χ1) is 17.3. The second-order valence-electron chi connectivity index (χ2n) is 10.1. The molecule has 0 saturated carbocycles. The maximum atomic E-state index is 13.3. The van der Waals surface area contributed by atoms with Crippen molar-refractivity contribution in [2.45, 2.75) is 38.3 Å². The summed E-state index contributed by atoms with van der Waals surface area (Å²) in [5.41, 5.74) is 4.42. The Kier molecular flexibility index (Phi) is 5.85. The van der Waals surface area contributed by atoms with Gasteiger partial charge in [0.1, 0.15) is 11.4 Å². The van der Waals surface area contributed by atoms with Crippen molar-refractivity contribution in [1.29, 1.82) is 0 Å². The maximum absolute atomic E-state index is 13.3. The third-order valence-electron chi connectivity index (χ3n) is 7.68. The number of amides is 1. The highest BCUT2D eigenvalue weighted by molar-refractivity contribution is 6.36. The minimum atomic E-state index is -0.206. The number of anilines is 4. The summed E-state index contributed by atoms with van der Waals surface area (Å²) in [5.74, 6) is 0.817. The molecule has 2 atom stereocenters. The smallest absolute Gasteiger partial charge is 0.265 e. The zero-order chi connectivity index (χ0) is 25.1. The fourth-order valence-electron chi connectivity index (χ4n) is 5.83. The number of aryl methyl sites for hydroxylation is 1. The minimum absolute atomic E-state index is 0.206. The van der Waals surface area contributed by atoms with Gasteiger partial charge in [-0.25, -0.2) is 4.98 Å². The average Bonchev–Trinajstić information content (AvgIpc) is 3.42. The van der Waals surface area contributed by atoms with Gasteiger partial charge in [0.2, 0.25) is 5.95 Å². The molecule has 4 aliphatic rings. The molecule has 6 rings (SSSR count). The number of hydrogen-bond acceptors (Lipinski definition) is 7. The average molecular weight is 526 g/mol. The molecule has 2 aromatic rings. The monoisotopic (exact) mass is 525 g/mol. The number of likely N-dealkylation sites (tertiary alicyclic amines) is 1. The van der Waals surface area contributed by atoms with E-state index in [1.807, 2.05) is 18.0 Å². The van der Waals surface area contributed by atoms with Gasteiger partial charge in [-0.15, -0.1) is 0 Å². The first-order valence-electron chi connectivity index (χ1n) is 12.3. The van der Waals surface area contributed by atoms with E-state index in [1.165, 1.54) is 17.7 Å². The van der Waals surface area contributed by atoms with Gasteiger partial charge in [-0.05, 0) is 57.0 Å². The molecule has 8 nitrogen and oxygen atoms in total. The molecule has 3 aliphatic heterocycles. The maximum Gasteiger partial charge on any atom is 0.265 e. The molecule has 188 valence electrons. The van der Waals surface area contributed by atoms with Crippen LogP contribution in [0.25, 0.3) is 0 Å². The Bertz CT molecular complexity index is 1310. The summed E-state index contributed by atoms with van der Waals surface area (Å²) in [6.07, 6.45) is 6.15. The zero-order valence-electron chi connectivity index (χ0n) is 20.6. The quantitative estimate of drug-likeness (QED) is 0.623. The van der Waals surface area contributed by atoms with Crippen molar-refractivity contribution in [2.24, 2.45) is 0 Å². The number of fused-ring (bicyclic) bond motifs is 3. The third-order valence-corrected chi connectivity index (χ3v) is 8.38. The summed E-state index contributed by atoms with van der Waals surface area (Å²) >= 11 is 12.9. The van der Waals surface area contributed by atoms with Crippen LogP contribution in [0.15, 0.2) is 46.2 Å². The standard InChI is InChI=1S/C26H29Cl2N7O/c1-15-9-16(7-8-22(15)34-13-17-10-18(34)12-32(17)2)30-26-29-11-19-24(31-26)33(3)14-35(25(19)36)23-20(27)5-4-6-21(23)28/h5,7-9,11,17-18H,4,6,10,12-14H2,1-3H3,(H,29,30,31)/t17-,18-/m0/s1. The number of nitrogens with one attached hydrogen (secondary N) is 1. The van der Waals surface area contributed by atoms with E-state index in [0.717, 1.165) is 25.2 Å². The summed E-state index contributed by atoms with van der Waals surface area (Å²) in [5, 5.41) is 4.42. The molecule has 2 fully saturated rings. The summed E-state index contributed by atoms with van der Waals surface area (Å²) < 4.78 is 0. The van der Waals surface area contributed by atoms with Crippen LogP contribution in [0.2, 0.25) is 0 Å². The van der Waals surface area contributed by atoms with Crippen molar-refractivity contribution in [2.75, 3.05) is 49.0 Å². The number of likely N-dealkylation sites (N-methyl/N-ethyl adjacent to an activating group) is 1. The van der Waals surface area contributed by atoms with E-state index in [2.05, 4.69) is 57.3 Å². The number of allylic oxidation sites excluding steroid dienone is 3. The first-order valence-corrected chi connectivity index (χ1v) is 13.0. The topological polar surface area (TPSA) is 67.8 Å². The molecule has 1 aromatic heterocycles. The van der Waals surface area contributed by atoms with Crippen molar-refractivity contribution in [3.05, 3.63) is 57.4 Å². The Labute approximate surface area is 221 Å². The molecule has 4 heterocycles. The highest BCUT2D eigenvalue weighted by Crippen LogP contribution is 2.38. The molecular formula is C26H29Cl2N7O. The Morgan fingerprint density at radius 1 is 1.14 bits per heavy atom. The molecule has 0 spiro atoms. The molecule has 2 saturated heterocycles. The lowest BCUT2D eigenvalue weighted by Crippen LogP contribution is -2.45. The molecule has 1 aliphatic carbocycles. The summed E-state index contributed by atoms with van der Waals surface area (Å²) in [4.78, 5) is 31.0. The van der Waals surface area contributed by atoms with Gasteiger partial charge in [0.05, 0.1) is 17.4 Å². The van der Waals surface area contributed by atoms with Gasteiger partial charge in [-0.1, -0.05) is 29.3 Å². The number of carbonyl (C=O) groups is 1. The van der Waals surface area contributed by atoms with Crippen LogP contribution in [0.3, 0.4) is 0 Å². The molecular weight excluding hydrogens is 497 g/mol. The van der Waals surface area contributed by atoms with E-state index in [4.69, 9.17) is 23.2 Å². The van der Waals surface area contributed by atoms with Gasteiger partial charge in [0.25, 0.3) is 5.91 Å². The molecule has 0 radical (unpaired) electrons. The Morgan fingerprint density at radius 3 is 2.67 bits per heavy atom. The summed E-state index contributed by atoms with van der Waals surface area (Å²) in [7, 11) is 4.11. The Balaban J connectivity index is 1.22. The highest BCUT2D eigenvalue weighted by Gasteiger charge is 2.41. The Hall–Kier alpha value is -2.81. The van der Waals surface area contributed by atoms with Crippen molar-refractivity contribution in [3.63, 3.8) is 0 Å². The SMILES string of the molecule is Cc1cc(Nc2ncc3c(n2)N(C)CN(C2=C(Cl)CCC=C2Cl)C3=O)ccc1N1C[C@@H]2C[C@H]1CN2C. The molecule has 36 heavy (non-hydrogen) atoms. The van der Waals surface area contributed by atoms with Crippen LogP contribution in [-0.2, 0) is 0 Å². The van der Waals surface area contributed by atoms with E-state index in [0.29, 0.717) is 58.3 Å². The van der Waals surface area contributed by atoms with Gasteiger partial charge < -0.3 is 15.1 Å². The predicted octanol–water partition coefficient (Wildman–Crippen LogP) is 4.64. The van der Waals surface area contributed by atoms with E-state index in [9.17, 15) is 4.79 Å². The Morgan fingerprint density at radius 2 is 1.97 bits per heavy atom. The number of rotatable bonds is 4. The van der Waals surface area contributed by atoms with E-state index in [1.54, 1.807) is 11.1 Å². The molecule has 1 N–H and O–H groups in total. The molecule has 2 bridgehead atoms. The van der Waals surface area contributed by atoms with Crippen molar-refractivity contribution >= 4 is 52.3 Å². The van der Waals surface area contributed by atoms with Crippen LogP contribution in [0, 0.1) is 6.92 Å². The predicted molar refractivity (Wildman–Crippen MR) is 144 cm³/mol. The molecule has 10 heteroatoms. The summed E-state index contributed by atoms with van der Waals surface area (Å²) in [6.45, 7) is 4.67. The summed E-state index contributed by atoms with van der Waals surface area (Å²) in [6, 6.07) is 7.64. The van der Waals surface area contributed by atoms with Crippen molar-refractivity contribution in [1.82, 2.24) is 19.8 Å². The fraction of sp³-hybridized carbons (Fsp3) is 0.423. The molecule has 0 unspecified atom stereocenters. The van der Waals surface area contributed by atoms with E-state index >= 15 is 0 Å². The lowest BCUT2D eigenvalue weighted by Gasteiger charge is -2.37. The van der Waals surface area contributed by atoms with E-state index in [-0.39, 0.29) is 5.91 Å². The van der Waals surface area contributed by atoms with E-state index < -0.39 is 0 Å². The van der Waals surface area contributed by atoms with Crippen LogP contribution in [0.5, 0.6) is 0 Å². The number of nitrogens with zero attached hydrogens (tertiary/aromatic N) is 6. The van der Waals surface area contributed by atoms with Crippen LogP contribution >= 0.6 is 23.2 Å². The van der Waals surface area contributed by atoms with Gasteiger partial charge in [0, 0.05) is 54.8 Å². The second kappa shape index (κ2) is 8.94. The number of aromatic nitrogens is 2. The number of piperazine rings is 1. The van der Waals surface area contributed by atoms with Gasteiger partial charge in [0.15, 0.2) is 0 Å². The second-order valence-corrected chi connectivity index (χ2v) is 11.0. The van der Waals surface area contributed by atoms with Crippen LogP contribution in [0.4, 0.5) is 23.1 Å². The normalized spacial score (nSPS) is 24.0. The lowest BCUT2D eigenvalue weighted by molar-refractivity contribution is 0.0797. The minimum Gasteiger partial charge on any atom is -0.365 e. The van der Waals surface area contributed by atoms with Crippen molar-refractivity contribution in [3.8, 4) is 0 Å². The molecule has 1 amide bonds. The van der Waals surface area contributed by atoms with Crippen molar-refractivity contribution < 1.29 is 4.79 Å². The third kappa shape index (κ3) is 3.92. The highest BCUT2D eigenvalue weighted by atomic mass is 35.5. The first kappa shape index (κ1) is 23.6. The van der Waals surface area contributed by atoms with Crippen LogP contribution in [0.1, 0.15) is 35.2 Å². The van der Waals surface area contributed by atoms with Crippen LogP contribution < -0.4 is 15.1 Å². The number of carbonyl (C=O) groups excluding carboxylic acids is 1. The number of benzene rings is 1. The van der Waals surface area contributed by atoms with Gasteiger partial charge >= 0.3 is 0 Å². The largest absolute Gasteiger partial charge is 0.365 e. The number of halogens is 2. The lowest BCUT2D eigenvalue weighted by atomic mass is 10.1. The molecule has 1 aromatic carbocycles. The zero-order valence-corrected chi connectivity index (χ0v) is 22.1. The van der Waals surface area contributed by atoms with Gasteiger partial charge in [-0.3, -0.25) is 14.6 Å². The van der Waals surface area contributed by atoms with Crippen LogP contribution in [-0.4, -0.2) is 71.6 Å². The number of hydrogen-bond donors (Lipinski definition) is 1. The fourth-order valence-corrected chi connectivity index (χ4v) is 6.51. The van der Waals surface area contributed by atoms with Gasteiger partial charge in [-0.2, -0.15) is 4.98 Å².